The lowest BCUT2D eigenvalue weighted by molar-refractivity contribution is -0.142. The summed E-state index contributed by atoms with van der Waals surface area (Å²) in [6.07, 6.45) is 1.09. The summed E-state index contributed by atoms with van der Waals surface area (Å²) >= 11 is 0. The van der Waals surface area contributed by atoms with E-state index in [1.54, 1.807) is 0 Å². The van der Waals surface area contributed by atoms with Crippen LogP contribution >= 0.6 is 0 Å². The number of Topliss-reactive ketones (excluding diaryl/α,β-unsaturated/α-hetero) is 1. The lowest BCUT2D eigenvalue weighted by atomic mass is 9.57. The Bertz CT molecular complexity index is 962. The molecule has 0 amide bonds. The average molecular weight is 382 g/mol. The van der Waals surface area contributed by atoms with Crippen molar-refractivity contribution in [2.24, 2.45) is 17.3 Å². The van der Waals surface area contributed by atoms with Gasteiger partial charge in [-0.05, 0) is 29.0 Å². The van der Waals surface area contributed by atoms with Crippen molar-refractivity contribution < 1.29 is 14.7 Å². The number of aliphatic carboxylic acids is 1. The normalized spacial score (nSPS) is 25.4. The molecule has 0 spiro atoms. The molecule has 1 N–H and O–H groups in total. The summed E-state index contributed by atoms with van der Waals surface area (Å²) in [6, 6.07) is 29.9. The van der Waals surface area contributed by atoms with Gasteiger partial charge in [0, 0.05) is 6.42 Å². The molecule has 2 fully saturated rings. The number of hydrogen-bond acceptors (Lipinski definition) is 2. The van der Waals surface area contributed by atoms with E-state index in [1.807, 2.05) is 91.0 Å². The number of fused-ring (bicyclic) bond motifs is 1. The molecule has 144 valence electrons. The molecule has 2 saturated carbocycles. The number of carboxylic acid groups (broad SMARTS) is 1. The number of carboxylic acids is 1. The highest BCUT2D eigenvalue weighted by molar-refractivity contribution is 6.01. The standard InChI is InChI=1S/C26H22O3/c27-22-17-16-21-23(24(28)29)26(21,22)25(18-10-4-1-5-11-18,19-12-6-2-7-13-19)20-14-8-3-9-15-20/h1-15,21,23H,16-17H2,(H,28,29)/t21-,23-,26+/m1/s1. The van der Waals surface area contributed by atoms with E-state index in [1.165, 1.54) is 0 Å². The smallest absolute Gasteiger partial charge is 0.307 e. The second kappa shape index (κ2) is 6.41. The molecule has 0 bridgehead atoms. The Morgan fingerprint density at radius 2 is 1.21 bits per heavy atom. The van der Waals surface area contributed by atoms with Crippen molar-refractivity contribution in [3.8, 4) is 0 Å². The Morgan fingerprint density at radius 3 is 1.55 bits per heavy atom. The minimum atomic E-state index is -0.955. The number of benzene rings is 3. The average Bonchev–Trinajstić information content (AvgIpc) is 3.34. The van der Waals surface area contributed by atoms with E-state index in [4.69, 9.17) is 0 Å². The summed E-state index contributed by atoms with van der Waals surface area (Å²) in [7, 11) is 0. The highest BCUT2D eigenvalue weighted by Gasteiger charge is 2.83. The van der Waals surface area contributed by atoms with Crippen molar-refractivity contribution in [1.82, 2.24) is 0 Å². The van der Waals surface area contributed by atoms with Crippen LogP contribution in [0.4, 0.5) is 0 Å². The zero-order valence-corrected chi connectivity index (χ0v) is 16.0. The molecular formula is C26H22O3. The van der Waals surface area contributed by atoms with Crippen LogP contribution in [0.2, 0.25) is 0 Å². The first-order valence-electron chi connectivity index (χ1n) is 10.1. The van der Waals surface area contributed by atoms with Gasteiger partial charge in [-0.15, -0.1) is 0 Å². The largest absolute Gasteiger partial charge is 0.481 e. The third-order valence-corrected chi connectivity index (χ3v) is 7.02. The molecule has 0 heterocycles. The van der Waals surface area contributed by atoms with E-state index in [9.17, 15) is 14.7 Å². The number of hydrogen-bond donors (Lipinski definition) is 1. The molecule has 3 aromatic rings. The monoisotopic (exact) mass is 382 g/mol. The second-order valence-corrected chi connectivity index (χ2v) is 8.10. The molecule has 0 unspecified atom stereocenters. The lowest BCUT2D eigenvalue weighted by Gasteiger charge is -2.42. The molecule has 3 atom stereocenters. The van der Waals surface area contributed by atoms with Gasteiger partial charge in [0.05, 0.1) is 16.7 Å². The van der Waals surface area contributed by atoms with Crippen LogP contribution in [0.5, 0.6) is 0 Å². The van der Waals surface area contributed by atoms with E-state index in [0.717, 1.165) is 16.7 Å². The summed E-state index contributed by atoms with van der Waals surface area (Å²) in [5, 5.41) is 10.1. The Morgan fingerprint density at radius 1 is 0.793 bits per heavy atom. The van der Waals surface area contributed by atoms with Gasteiger partial charge in [-0.3, -0.25) is 9.59 Å². The first-order chi connectivity index (χ1) is 14.1. The van der Waals surface area contributed by atoms with Crippen LogP contribution in [0.25, 0.3) is 0 Å². The molecule has 3 heteroatoms. The van der Waals surface area contributed by atoms with Gasteiger partial charge in [0.15, 0.2) is 0 Å². The van der Waals surface area contributed by atoms with E-state index in [-0.39, 0.29) is 11.7 Å². The Labute approximate surface area is 170 Å². The maximum absolute atomic E-state index is 13.6. The van der Waals surface area contributed by atoms with Crippen molar-refractivity contribution in [2.75, 3.05) is 0 Å². The number of ketones is 1. The molecule has 3 nitrogen and oxygen atoms in total. The summed E-state index contributed by atoms with van der Waals surface area (Å²) < 4.78 is 0. The van der Waals surface area contributed by atoms with Crippen LogP contribution in [-0.2, 0) is 15.0 Å². The highest BCUT2D eigenvalue weighted by atomic mass is 16.4. The molecule has 3 aromatic carbocycles. The highest BCUT2D eigenvalue weighted by Crippen LogP contribution is 2.77. The Balaban J connectivity index is 1.93. The van der Waals surface area contributed by atoms with E-state index < -0.39 is 22.7 Å². The molecule has 0 aromatic heterocycles. The first kappa shape index (κ1) is 17.9. The van der Waals surface area contributed by atoms with Gasteiger partial charge in [0.2, 0.25) is 0 Å². The van der Waals surface area contributed by atoms with Gasteiger partial charge in [-0.1, -0.05) is 91.0 Å². The topological polar surface area (TPSA) is 54.4 Å². The van der Waals surface area contributed by atoms with Crippen molar-refractivity contribution in [3.63, 3.8) is 0 Å². The van der Waals surface area contributed by atoms with Crippen LogP contribution in [-0.4, -0.2) is 16.9 Å². The zero-order chi connectivity index (χ0) is 20.1. The maximum Gasteiger partial charge on any atom is 0.307 e. The van der Waals surface area contributed by atoms with Crippen LogP contribution in [0.15, 0.2) is 91.0 Å². The van der Waals surface area contributed by atoms with Crippen molar-refractivity contribution >= 4 is 11.8 Å². The molecule has 29 heavy (non-hydrogen) atoms. The number of carbonyl (C=O) groups excluding carboxylic acids is 1. The fourth-order valence-electron chi connectivity index (χ4n) is 6.10. The van der Waals surface area contributed by atoms with Gasteiger partial charge in [0.1, 0.15) is 5.78 Å². The van der Waals surface area contributed by atoms with Crippen LogP contribution in [0.3, 0.4) is 0 Å². The Kier molecular flexibility index (Phi) is 3.95. The van der Waals surface area contributed by atoms with E-state index >= 15 is 0 Å². The summed E-state index contributed by atoms with van der Waals surface area (Å²) in [4.78, 5) is 25.9. The van der Waals surface area contributed by atoms with Crippen LogP contribution < -0.4 is 0 Å². The minimum Gasteiger partial charge on any atom is -0.481 e. The van der Waals surface area contributed by atoms with Crippen LogP contribution in [0, 0.1) is 17.3 Å². The number of rotatable bonds is 5. The SMILES string of the molecule is O=C(O)[C@H]1[C@H]2CCC(=O)[C@@]21C(c1ccccc1)(c1ccccc1)c1ccccc1. The maximum atomic E-state index is 13.6. The molecule has 2 aliphatic carbocycles. The van der Waals surface area contributed by atoms with E-state index in [0.29, 0.717) is 12.8 Å². The zero-order valence-electron chi connectivity index (χ0n) is 16.0. The van der Waals surface area contributed by atoms with Gasteiger partial charge in [-0.2, -0.15) is 0 Å². The first-order valence-corrected chi connectivity index (χ1v) is 10.1. The number of carbonyl (C=O) groups is 2. The predicted octanol–water partition coefficient (Wildman–Crippen LogP) is 4.70. The molecule has 5 rings (SSSR count). The molecular weight excluding hydrogens is 360 g/mol. The predicted molar refractivity (Wildman–Crippen MR) is 110 cm³/mol. The van der Waals surface area contributed by atoms with Gasteiger partial charge in [-0.25, -0.2) is 0 Å². The summed E-state index contributed by atoms with van der Waals surface area (Å²) in [5.74, 6) is -1.60. The Hall–Kier alpha value is -3.20. The summed E-state index contributed by atoms with van der Waals surface area (Å²) in [6.45, 7) is 0. The summed E-state index contributed by atoms with van der Waals surface area (Å²) in [5.41, 5.74) is 1.13. The molecule has 0 radical (unpaired) electrons. The fourth-order valence-corrected chi connectivity index (χ4v) is 6.10. The lowest BCUT2D eigenvalue weighted by Crippen LogP contribution is -2.45. The van der Waals surface area contributed by atoms with Gasteiger partial charge < -0.3 is 5.11 Å². The van der Waals surface area contributed by atoms with Crippen molar-refractivity contribution in [1.29, 1.82) is 0 Å². The van der Waals surface area contributed by atoms with Gasteiger partial charge in [0.25, 0.3) is 0 Å². The third-order valence-electron chi connectivity index (χ3n) is 7.02. The fraction of sp³-hybridized carbons (Fsp3) is 0.231. The second-order valence-electron chi connectivity index (χ2n) is 8.10. The molecule has 2 aliphatic rings. The van der Waals surface area contributed by atoms with Crippen LogP contribution in [0.1, 0.15) is 29.5 Å². The molecule has 0 saturated heterocycles. The van der Waals surface area contributed by atoms with Gasteiger partial charge >= 0.3 is 5.97 Å². The van der Waals surface area contributed by atoms with E-state index in [2.05, 4.69) is 0 Å². The van der Waals surface area contributed by atoms with Crippen molar-refractivity contribution in [2.45, 2.75) is 18.3 Å². The van der Waals surface area contributed by atoms with Crippen molar-refractivity contribution in [3.05, 3.63) is 108 Å². The molecule has 0 aliphatic heterocycles. The quantitative estimate of drug-likeness (QED) is 0.651. The third kappa shape index (κ3) is 2.19. The minimum absolute atomic E-state index is 0.0754.